The van der Waals surface area contributed by atoms with Crippen LogP contribution in [0.15, 0.2) is 29.6 Å². The molecule has 1 aromatic carbocycles. The highest BCUT2D eigenvalue weighted by Crippen LogP contribution is 2.36. The predicted molar refractivity (Wildman–Crippen MR) is 113 cm³/mol. The minimum atomic E-state index is 1.27. The van der Waals surface area contributed by atoms with Crippen LogP contribution in [0.4, 0.5) is 0 Å². The molecule has 0 N–H and O–H groups in total. The molecule has 0 radical (unpaired) electrons. The topological polar surface area (TPSA) is 0 Å². The van der Waals surface area contributed by atoms with Crippen molar-refractivity contribution in [1.82, 2.24) is 0 Å². The zero-order chi connectivity index (χ0) is 16.6. The number of hydrogen-bond donors (Lipinski definition) is 0. The average molecular weight is 359 g/mol. The van der Waals surface area contributed by atoms with E-state index in [1.54, 1.807) is 4.88 Å². The lowest BCUT2D eigenvalue weighted by molar-refractivity contribution is 0.557. The molecule has 2 aromatic heterocycles. The van der Waals surface area contributed by atoms with Gasteiger partial charge in [-0.3, -0.25) is 0 Å². The molecule has 0 spiro atoms. The summed E-state index contributed by atoms with van der Waals surface area (Å²) in [6, 6.07) is 9.22. The third kappa shape index (κ3) is 4.83. The molecule has 0 saturated carbocycles. The highest BCUT2D eigenvalue weighted by atomic mass is 32.1. The van der Waals surface area contributed by atoms with Gasteiger partial charge in [-0.05, 0) is 41.1 Å². The average Bonchev–Trinajstić information content (AvgIpc) is 3.21. The smallest absolute Gasteiger partial charge is 0.0523 e. The van der Waals surface area contributed by atoms with Gasteiger partial charge >= 0.3 is 0 Å². The lowest BCUT2D eigenvalue weighted by atomic mass is 10.1. The molecule has 0 fully saturated rings. The van der Waals surface area contributed by atoms with Crippen LogP contribution in [0, 0.1) is 0 Å². The first-order valence-electron chi connectivity index (χ1n) is 9.77. The first-order chi connectivity index (χ1) is 11.9. The molecule has 0 amide bonds. The van der Waals surface area contributed by atoms with Crippen molar-refractivity contribution in [3.63, 3.8) is 0 Å². The molecule has 0 aliphatic rings. The molecule has 2 heteroatoms. The summed E-state index contributed by atoms with van der Waals surface area (Å²) in [4.78, 5) is 1.57. The van der Waals surface area contributed by atoms with Gasteiger partial charge in [0.05, 0.1) is 9.40 Å². The van der Waals surface area contributed by atoms with Gasteiger partial charge in [0.25, 0.3) is 0 Å². The van der Waals surface area contributed by atoms with E-state index < -0.39 is 0 Å². The van der Waals surface area contributed by atoms with Gasteiger partial charge in [0, 0.05) is 4.88 Å². The van der Waals surface area contributed by atoms with Gasteiger partial charge in [0.1, 0.15) is 0 Å². The molecule has 2 heterocycles. The first-order valence-corrected chi connectivity index (χ1v) is 11.5. The second-order valence-corrected chi connectivity index (χ2v) is 9.02. The van der Waals surface area contributed by atoms with Gasteiger partial charge in [-0.2, -0.15) is 0 Å². The van der Waals surface area contributed by atoms with E-state index in [1.165, 1.54) is 90.8 Å². The van der Waals surface area contributed by atoms with E-state index in [0.717, 1.165) is 0 Å². The number of hydrogen-bond acceptors (Lipinski definition) is 2. The van der Waals surface area contributed by atoms with Crippen LogP contribution in [0.25, 0.3) is 20.2 Å². The number of aryl methyl sites for hydroxylation is 1. The molecule has 3 rings (SSSR count). The summed E-state index contributed by atoms with van der Waals surface area (Å²) in [6.07, 6.45) is 15.5. The van der Waals surface area contributed by atoms with E-state index in [1.807, 2.05) is 22.7 Å². The van der Waals surface area contributed by atoms with Crippen LogP contribution in [0.5, 0.6) is 0 Å². The largest absolute Gasteiger partial charge is 0.142 e. The molecule has 0 aliphatic carbocycles. The van der Waals surface area contributed by atoms with Gasteiger partial charge in [-0.25, -0.2) is 0 Å². The summed E-state index contributed by atoms with van der Waals surface area (Å²) in [5.41, 5.74) is 0. The van der Waals surface area contributed by atoms with E-state index in [2.05, 4.69) is 36.6 Å². The Labute approximate surface area is 154 Å². The summed E-state index contributed by atoms with van der Waals surface area (Å²) < 4.78 is 2.98. The Kier molecular flexibility index (Phi) is 7.16. The molecular weight excluding hydrogens is 328 g/mol. The second-order valence-electron chi connectivity index (χ2n) is 6.97. The minimum Gasteiger partial charge on any atom is -0.142 e. The normalized spacial score (nSPS) is 11.7. The molecule has 0 aliphatic heterocycles. The standard InChI is InChI=1S/C22H30S2/c1-2-3-4-5-6-7-8-9-10-11-12-20-17-19-14-13-18-15-16-23-21(18)22(19)24-20/h13-17H,2-12H2,1H3. The Balaban J connectivity index is 1.36. The van der Waals surface area contributed by atoms with Crippen LogP contribution in [-0.4, -0.2) is 0 Å². The molecule has 0 atom stereocenters. The van der Waals surface area contributed by atoms with Crippen molar-refractivity contribution in [3.05, 3.63) is 34.5 Å². The van der Waals surface area contributed by atoms with Crippen LogP contribution in [0.3, 0.4) is 0 Å². The molecule has 0 nitrogen and oxygen atoms in total. The van der Waals surface area contributed by atoms with Gasteiger partial charge in [-0.1, -0.05) is 76.8 Å². The quantitative estimate of drug-likeness (QED) is 0.301. The maximum Gasteiger partial charge on any atom is 0.0523 e. The third-order valence-corrected chi connectivity index (χ3v) is 7.24. The summed E-state index contributed by atoms with van der Waals surface area (Å²) in [7, 11) is 0. The van der Waals surface area contributed by atoms with E-state index in [-0.39, 0.29) is 0 Å². The fraction of sp³-hybridized carbons (Fsp3) is 0.545. The monoisotopic (exact) mass is 358 g/mol. The second kappa shape index (κ2) is 9.58. The van der Waals surface area contributed by atoms with Gasteiger partial charge in [0.15, 0.2) is 0 Å². The summed E-state index contributed by atoms with van der Waals surface area (Å²) in [5, 5.41) is 5.06. The molecule has 0 saturated heterocycles. The van der Waals surface area contributed by atoms with Crippen LogP contribution < -0.4 is 0 Å². The van der Waals surface area contributed by atoms with E-state index >= 15 is 0 Å². The summed E-state index contributed by atoms with van der Waals surface area (Å²) >= 11 is 3.91. The highest BCUT2D eigenvalue weighted by molar-refractivity contribution is 7.26. The van der Waals surface area contributed by atoms with E-state index in [4.69, 9.17) is 0 Å². The zero-order valence-electron chi connectivity index (χ0n) is 15.0. The predicted octanol–water partition coefficient (Wildman–Crippen LogP) is 8.58. The van der Waals surface area contributed by atoms with Gasteiger partial charge in [0.2, 0.25) is 0 Å². The fourth-order valence-electron chi connectivity index (χ4n) is 3.48. The number of unbranched alkanes of at least 4 members (excludes halogenated alkanes) is 9. The molecule has 130 valence electrons. The number of fused-ring (bicyclic) bond motifs is 3. The first kappa shape index (κ1) is 17.9. The Morgan fingerprint density at radius 2 is 1.38 bits per heavy atom. The Hall–Kier alpha value is -0.860. The van der Waals surface area contributed by atoms with Crippen molar-refractivity contribution in [2.24, 2.45) is 0 Å². The van der Waals surface area contributed by atoms with Crippen molar-refractivity contribution < 1.29 is 0 Å². The molecule has 0 unspecified atom stereocenters. The molecule has 24 heavy (non-hydrogen) atoms. The summed E-state index contributed by atoms with van der Waals surface area (Å²) in [6.45, 7) is 2.29. The lowest BCUT2D eigenvalue weighted by Gasteiger charge is -2.01. The van der Waals surface area contributed by atoms with Gasteiger partial charge in [-0.15, -0.1) is 22.7 Å². The molecule has 3 aromatic rings. The minimum absolute atomic E-state index is 1.27. The van der Waals surface area contributed by atoms with E-state index in [9.17, 15) is 0 Å². The highest BCUT2D eigenvalue weighted by Gasteiger charge is 2.06. The number of benzene rings is 1. The molecular formula is C22H30S2. The van der Waals surface area contributed by atoms with Crippen LogP contribution in [0.1, 0.15) is 76.0 Å². The van der Waals surface area contributed by atoms with Crippen molar-refractivity contribution in [2.75, 3.05) is 0 Å². The number of rotatable bonds is 11. The Morgan fingerprint density at radius 1 is 0.708 bits per heavy atom. The van der Waals surface area contributed by atoms with Crippen LogP contribution >= 0.6 is 22.7 Å². The Bertz CT molecular complexity index is 735. The van der Waals surface area contributed by atoms with Crippen molar-refractivity contribution >= 4 is 42.8 Å². The van der Waals surface area contributed by atoms with Crippen LogP contribution in [-0.2, 0) is 6.42 Å². The van der Waals surface area contributed by atoms with Crippen molar-refractivity contribution in [3.8, 4) is 0 Å². The maximum absolute atomic E-state index is 2.42. The fourth-order valence-corrected chi connectivity index (χ4v) is 5.75. The lowest BCUT2D eigenvalue weighted by Crippen LogP contribution is -1.84. The zero-order valence-corrected chi connectivity index (χ0v) is 16.6. The van der Waals surface area contributed by atoms with E-state index in [0.29, 0.717) is 0 Å². The van der Waals surface area contributed by atoms with Crippen LogP contribution in [0.2, 0.25) is 0 Å². The Morgan fingerprint density at radius 3 is 2.12 bits per heavy atom. The maximum atomic E-state index is 2.42. The summed E-state index contributed by atoms with van der Waals surface area (Å²) in [5.74, 6) is 0. The SMILES string of the molecule is CCCCCCCCCCCCc1cc2ccc3ccsc3c2s1. The third-order valence-electron chi connectivity index (χ3n) is 4.93. The van der Waals surface area contributed by atoms with Crippen molar-refractivity contribution in [2.45, 2.75) is 77.6 Å². The molecule has 0 bridgehead atoms. The van der Waals surface area contributed by atoms with Gasteiger partial charge < -0.3 is 0 Å². The number of thiophene rings is 2. The van der Waals surface area contributed by atoms with Crippen molar-refractivity contribution in [1.29, 1.82) is 0 Å².